The molecule has 0 saturated carbocycles. The third-order valence-electron chi connectivity index (χ3n) is 4.09. The molecule has 7 nitrogen and oxygen atoms in total. The molecule has 2 aromatic heterocycles. The van der Waals surface area contributed by atoms with Crippen LogP contribution in [-0.2, 0) is 23.1 Å². The first-order valence-electron chi connectivity index (χ1n) is 8.61. The maximum atomic E-state index is 12.8. The molecule has 0 bridgehead atoms. The predicted molar refractivity (Wildman–Crippen MR) is 108 cm³/mol. The minimum Gasteiger partial charge on any atom is -0.265 e. The maximum absolute atomic E-state index is 12.8. The average molecular weight is 491 g/mol. The Hall–Kier alpha value is -2.57. The molecule has 0 atom stereocenters. The van der Waals surface area contributed by atoms with Gasteiger partial charge in [-0.1, -0.05) is 42.0 Å². The molecule has 0 unspecified atom stereocenters. The lowest BCUT2D eigenvalue weighted by Gasteiger charge is -2.09. The van der Waals surface area contributed by atoms with Gasteiger partial charge in [0.05, 0.1) is 10.6 Å². The number of sulfone groups is 1. The maximum Gasteiger partial charge on any atom is 0.445 e. The number of nitrogens with zero attached hydrogens (tertiary/aromatic N) is 4. The fourth-order valence-electron chi connectivity index (χ4n) is 2.50. The van der Waals surface area contributed by atoms with Crippen LogP contribution in [-0.4, -0.2) is 34.8 Å². The molecule has 1 amide bonds. The van der Waals surface area contributed by atoms with Crippen LogP contribution in [0.2, 0.25) is 5.02 Å². The second kappa shape index (κ2) is 8.52. The van der Waals surface area contributed by atoms with Gasteiger partial charge in [0.2, 0.25) is 9.81 Å². The molecule has 0 aliphatic carbocycles. The first kappa shape index (κ1) is 23.1. The summed E-state index contributed by atoms with van der Waals surface area (Å²) in [5.74, 6) is -1.41. The fourth-order valence-corrected chi connectivity index (χ4v) is 4.43. The normalized spacial score (nSPS) is 12.9. The summed E-state index contributed by atoms with van der Waals surface area (Å²) in [6.07, 6.45) is -3.41. The zero-order valence-electron chi connectivity index (χ0n) is 16.0. The number of hydrogen-bond donors (Lipinski definition) is 0. The van der Waals surface area contributed by atoms with E-state index in [1.165, 1.54) is 26.2 Å². The van der Waals surface area contributed by atoms with Gasteiger partial charge in [-0.05, 0) is 23.8 Å². The van der Waals surface area contributed by atoms with Crippen molar-refractivity contribution in [3.8, 4) is 11.1 Å². The summed E-state index contributed by atoms with van der Waals surface area (Å²) in [4.78, 5) is 19.6. The van der Waals surface area contributed by atoms with Crippen LogP contribution in [0.5, 0.6) is 0 Å². The van der Waals surface area contributed by atoms with Crippen molar-refractivity contribution in [1.29, 1.82) is 0 Å². The Kier molecular flexibility index (Phi) is 6.35. The highest BCUT2D eigenvalue weighted by atomic mass is 35.5. The zero-order valence-corrected chi connectivity index (χ0v) is 18.4. The number of hydrogen-bond acceptors (Lipinski definition) is 6. The molecular weight excluding hydrogens is 477 g/mol. The highest BCUT2D eigenvalue weighted by molar-refractivity contribution is 7.91. The van der Waals surface area contributed by atoms with Crippen molar-refractivity contribution >= 4 is 38.7 Å². The molecule has 31 heavy (non-hydrogen) atoms. The topological polar surface area (TPSA) is 94.3 Å². The van der Waals surface area contributed by atoms with E-state index < -0.39 is 32.6 Å². The van der Waals surface area contributed by atoms with Crippen molar-refractivity contribution in [3.05, 3.63) is 57.1 Å². The van der Waals surface area contributed by atoms with E-state index in [0.717, 1.165) is 4.68 Å². The van der Waals surface area contributed by atoms with E-state index in [1.807, 2.05) is 0 Å². The monoisotopic (exact) mass is 490 g/mol. The SMILES string of the molecule is CCS(=O)(=O)c1cc(-c2ccc(Cl)cc2)cnc1C(=O)/N=c1\sc(C(F)(F)F)nn1C. The Morgan fingerprint density at radius 2 is 1.87 bits per heavy atom. The van der Waals surface area contributed by atoms with Crippen molar-refractivity contribution < 1.29 is 26.4 Å². The predicted octanol–water partition coefficient (Wildman–Crippen LogP) is 3.75. The number of rotatable bonds is 4. The molecule has 2 heterocycles. The van der Waals surface area contributed by atoms with E-state index in [-0.39, 0.29) is 26.8 Å². The van der Waals surface area contributed by atoms with Crippen LogP contribution in [0.4, 0.5) is 13.2 Å². The van der Waals surface area contributed by atoms with E-state index in [1.54, 1.807) is 24.3 Å². The van der Waals surface area contributed by atoms with Gasteiger partial charge in [-0.15, -0.1) is 0 Å². The molecule has 13 heteroatoms. The van der Waals surface area contributed by atoms with E-state index in [4.69, 9.17) is 11.6 Å². The Bertz CT molecular complexity index is 1310. The summed E-state index contributed by atoms with van der Waals surface area (Å²) < 4.78 is 64.5. The number of aromatic nitrogens is 3. The fraction of sp³-hybridized carbons (Fsp3) is 0.222. The third kappa shape index (κ3) is 5.02. The molecule has 0 spiro atoms. The van der Waals surface area contributed by atoms with Gasteiger partial charge in [0.1, 0.15) is 5.69 Å². The molecule has 3 rings (SSSR count). The lowest BCUT2D eigenvalue weighted by atomic mass is 10.1. The second-order valence-corrected chi connectivity index (χ2v) is 9.85. The minimum atomic E-state index is -4.70. The van der Waals surface area contributed by atoms with E-state index in [2.05, 4.69) is 15.1 Å². The van der Waals surface area contributed by atoms with Gasteiger partial charge in [0.25, 0.3) is 5.91 Å². The Balaban J connectivity index is 2.13. The number of benzene rings is 1. The zero-order chi connectivity index (χ0) is 23.0. The average Bonchev–Trinajstić information content (AvgIpc) is 3.09. The van der Waals surface area contributed by atoms with Crippen molar-refractivity contribution in [2.75, 3.05) is 5.75 Å². The summed E-state index contributed by atoms with van der Waals surface area (Å²) in [7, 11) is -2.71. The van der Waals surface area contributed by atoms with Crippen LogP contribution < -0.4 is 4.80 Å². The van der Waals surface area contributed by atoms with E-state index >= 15 is 0 Å². The Morgan fingerprint density at radius 1 is 1.23 bits per heavy atom. The molecule has 3 aromatic rings. The number of alkyl halides is 3. The lowest BCUT2D eigenvalue weighted by molar-refractivity contribution is -0.138. The third-order valence-corrected chi connectivity index (χ3v) is 7.13. The molecule has 0 aliphatic heterocycles. The van der Waals surface area contributed by atoms with Crippen molar-refractivity contribution in [3.63, 3.8) is 0 Å². The van der Waals surface area contributed by atoms with Gasteiger partial charge < -0.3 is 0 Å². The van der Waals surface area contributed by atoms with Crippen LogP contribution in [0.1, 0.15) is 22.4 Å². The van der Waals surface area contributed by atoms with Gasteiger partial charge >= 0.3 is 6.18 Å². The highest BCUT2D eigenvalue weighted by Crippen LogP contribution is 2.29. The molecule has 0 saturated heterocycles. The first-order chi connectivity index (χ1) is 14.4. The Labute approximate surface area is 183 Å². The first-order valence-corrected chi connectivity index (χ1v) is 11.5. The van der Waals surface area contributed by atoms with Crippen LogP contribution >= 0.6 is 22.9 Å². The summed E-state index contributed by atoms with van der Waals surface area (Å²) in [5, 5.41) is 2.59. The second-order valence-electron chi connectivity index (χ2n) is 6.21. The smallest absolute Gasteiger partial charge is 0.265 e. The number of carbonyl (C=O) groups is 1. The van der Waals surface area contributed by atoms with E-state index in [9.17, 15) is 26.4 Å². The van der Waals surface area contributed by atoms with Crippen LogP contribution in [0.25, 0.3) is 11.1 Å². The van der Waals surface area contributed by atoms with Gasteiger partial charge in [0, 0.05) is 23.8 Å². The Morgan fingerprint density at radius 3 is 2.42 bits per heavy atom. The molecule has 1 aromatic carbocycles. The summed E-state index contributed by atoms with van der Waals surface area (Å²) in [6.45, 7) is 1.40. The van der Waals surface area contributed by atoms with Crippen LogP contribution in [0.3, 0.4) is 0 Å². The van der Waals surface area contributed by atoms with Crippen molar-refractivity contribution in [2.45, 2.75) is 18.0 Å². The molecule has 0 N–H and O–H groups in total. The molecule has 0 fully saturated rings. The minimum absolute atomic E-state index is 0.160. The molecule has 0 radical (unpaired) electrons. The van der Waals surface area contributed by atoms with Crippen molar-refractivity contribution in [2.24, 2.45) is 12.0 Å². The van der Waals surface area contributed by atoms with E-state index in [0.29, 0.717) is 16.1 Å². The number of amides is 1. The molecule has 164 valence electrons. The lowest BCUT2D eigenvalue weighted by Crippen LogP contribution is -2.17. The van der Waals surface area contributed by atoms with Gasteiger partial charge in [-0.25, -0.2) is 18.1 Å². The quantitative estimate of drug-likeness (QED) is 0.555. The number of halogens is 4. The summed E-state index contributed by atoms with van der Waals surface area (Å²) in [5.41, 5.74) is 0.550. The molecule has 0 aliphatic rings. The molecular formula is C18H14ClF3N4O3S2. The number of pyridine rings is 1. The van der Waals surface area contributed by atoms with Gasteiger partial charge in [-0.3, -0.25) is 4.79 Å². The van der Waals surface area contributed by atoms with Gasteiger partial charge in [0.15, 0.2) is 9.84 Å². The highest BCUT2D eigenvalue weighted by Gasteiger charge is 2.35. The number of carbonyl (C=O) groups excluding carboxylic acids is 1. The number of aryl methyl sites for hydroxylation is 1. The standard InChI is InChI=1S/C18H14ClF3N4O3S2/c1-3-31(28,29)13-8-11(10-4-6-12(19)7-5-10)9-23-14(13)15(27)24-17-26(2)25-16(30-17)18(20,21)22/h4-9H,3H2,1-2H3/b24-17-. The summed E-state index contributed by atoms with van der Waals surface area (Å²) >= 11 is 6.03. The largest absolute Gasteiger partial charge is 0.445 e. The summed E-state index contributed by atoms with van der Waals surface area (Å²) in [6, 6.07) is 7.82. The van der Waals surface area contributed by atoms with Gasteiger partial charge in [-0.2, -0.15) is 23.3 Å². The van der Waals surface area contributed by atoms with Crippen LogP contribution in [0, 0.1) is 0 Å². The van der Waals surface area contributed by atoms with Crippen molar-refractivity contribution in [1.82, 2.24) is 14.8 Å². The van der Waals surface area contributed by atoms with Crippen LogP contribution in [0.15, 0.2) is 46.4 Å².